The van der Waals surface area contributed by atoms with Crippen LogP contribution in [0.2, 0.25) is 5.02 Å². The van der Waals surface area contributed by atoms with Crippen molar-refractivity contribution in [2.75, 3.05) is 11.9 Å². The van der Waals surface area contributed by atoms with Crippen LogP contribution >= 0.6 is 11.6 Å². The van der Waals surface area contributed by atoms with Crippen LogP contribution in [0.4, 0.5) is 10.2 Å². The Hall–Kier alpha value is -2.33. The van der Waals surface area contributed by atoms with Gasteiger partial charge in [0.05, 0.1) is 11.4 Å². The molecule has 0 amide bonds. The van der Waals surface area contributed by atoms with Crippen LogP contribution in [-0.4, -0.2) is 16.3 Å². The van der Waals surface area contributed by atoms with E-state index in [1.165, 1.54) is 12.1 Å². The standard InChI is InChI=1S/C19H17ClFN3/c20-14-6-4-8-16(12-14)24-19-17(9-1-2-10-22-19)18(23-24)13-5-3-7-15(21)11-13/h3-8,11-12,22H,1-2,9-10H2. The highest BCUT2D eigenvalue weighted by Crippen LogP contribution is 2.34. The third kappa shape index (κ3) is 2.78. The summed E-state index contributed by atoms with van der Waals surface area (Å²) in [5, 5.41) is 8.93. The van der Waals surface area contributed by atoms with Crippen LogP contribution in [0.5, 0.6) is 0 Å². The number of aromatic nitrogens is 2. The molecular formula is C19H17ClFN3. The lowest BCUT2D eigenvalue weighted by atomic mass is 10.0. The van der Waals surface area contributed by atoms with Crippen LogP contribution < -0.4 is 5.32 Å². The van der Waals surface area contributed by atoms with Gasteiger partial charge in [-0.05, 0) is 49.6 Å². The number of fused-ring (bicyclic) bond motifs is 1. The Morgan fingerprint density at radius 3 is 2.79 bits per heavy atom. The maximum absolute atomic E-state index is 13.7. The molecule has 1 aromatic heterocycles. The Bertz CT molecular complexity index is 818. The lowest BCUT2D eigenvalue weighted by Gasteiger charge is -2.09. The summed E-state index contributed by atoms with van der Waals surface area (Å²) in [6.45, 7) is 0.905. The summed E-state index contributed by atoms with van der Waals surface area (Å²) < 4.78 is 15.6. The van der Waals surface area contributed by atoms with Crippen molar-refractivity contribution in [1.82, 2.24) is 9.78 Å². The van der Waals surface area contributed by atoms with Gasteiger partial charge in [0.2, 0.25) is 0 Å². The molecule has 0 fully saturated rings. The van der Waals surface area contributed by atoms with Crippen LogP contribution in [0.1, 0.15) is 18.4 Å². The molecule has 2 heterocycles. The van der Waals surface area contributed by atoms with Crippen LogP contribution in [-0.2, 0) is 6.42 Å². The maximum Gasteiger partial charge on any atom is 0.133 e. The van der Waals surface area contributed by atoms with Gasteiger partial charge in [-0.1, -0.05) is 29.8 Å². The van der Waals surface area contributed by atoms with Crippen molar-refractivity contribution in [1.29, 1.82) is 0 Å². The largest absolute Gasteiger partial charge is 0.370 e. The Morgan fingerprint density at radius 1 is 1.08 bits per heavy atom. The van der Waals surface area contributed by atoms with Gasteiger partial charge in [-0.15, -0.1) is 0 Å². The minimum atomic E-state index is -0.250. The molecule has 0 atom stereocenters. The molecular weight excluding hydrogens is 325 g/mol. The summed E-state index contributed by atoms with van der Waals surface area (Å²) in [6, 6.07) is 14.2. The monoisotopic (exact) mass is 341 g/mol. The Morgan fingerprint density at radius 2 is 1.96 bits per heavy atom. The summed E-state index contributed by atoms with van der Waals surface area (Å²) in [5.41, 5.74) is 3.67. The molecule has 0 spiro atoms. The first kappa shape index (κ1) is 15.2. The second-order valence-corrected chi connectivity index (χ2v) is 6.40. The molecule has 24 heavy (non-hydrogen) atoms. The molecule has 1 aliphatic rings. The zero-order chi connectivity index (χ0) is 16.5. The molecule has 0 aliphatic carbocycles. The van der Waals surface area contributed by atoms with Gasteiger partial charge < -0.3 is 5.32 Å². The predicted octanol–water partition coefficient (Wildman–Crippen LogP) is 5.08. The summed E-state index contributed by atoms with van der Waals surface area (Å²) in [7, 11) is 0. The van der Waals surface area contributed by atoms with Crippen molar-refractivity contribution < 1.29 is 4.39 Å². The molecule has 0 bridgehead atoms. The molecule has 3 nitrogen and oxygen atoms in total. The number of rotatable bonds is 2. The van der Waals surface area contributed by atoms with E-state index in [9.17, 15) is 4.39 Å². The molecule has 1 aliphatic heterocycles. The van der Waals surface area contributed by atoms with E-state index in [1.54, 1.807) is 6.07 Å². The average Bonchev–Trinajstić information content (AvgIpc) is 2.76. The lowest BCUT2D eigenvalue weighted by molar-refractivity contribution is 0.628. The smallest absolute Gasteiger partial charge is 0.133 e. The molecule has 0 saturated carbocycles. The van der Waals surface area contributed by atoms with E-state index in [2.05, 4.69) is 5.32 Å². The third-order valence-electron chi connectivity index (χ3n) is 4.28. The molecule has 0 saturated heterocycles. The van der Waals surface area contributed by atoms with E-state index in [4.69, 9.17) is 16.7 Å². The second-order valence-electron chi connectivity index (χ2n) is 5.96. The fraction of sp³-hybridized carbons (Fsp3) is 0.211. The molecule has 2 aromatic carbocycles. The van der Waals surface area contributed by atoms with E-state index in [0.29, 0.717) is 5.02 Å². The van der Waals surface area contributed by atoms with Crippen molar-refractivity contribution in [2.24, 2.45) is 0 Å². The van der Waals surface area contributed by atoms with E-state index < -0.39 is 0 Å². The Kier molecular flexibility index (Phi) is 3.98. The number of benzene rings is 2. The van der Waals surface area contributed by atoms with Crippen LogP contribution in [0, 0.1) is 5.82 Å². The zero-order valence-electron chi connectivity index (χ0n) is 13.1. The van der Waals surface area contributed by atoms with Crippen molar-refractivity contribution in [3.8, 4) is 16.9 Å². The Labute approximate surface area is 145 Å². The fourth-order valence-electron chi connectivity index (χ4n) is 3.16. The van der Waals surface area contributed by atoms with E-state index in [-0.39, 0.29) is 5.82 Å². The maximum atomic E-state index is 13.7. The van der Waals surface area contributed by atoms with Gasteiger partial charge in [-0.3, -0.25) is 0 Å². The molecule has 1 N–H and O–H groups in total. The van der Waals surface area contributed by atoms with Gasteiger partial charge in [-0.2, -0.15) is 5.10 Å². The number of halogens is 2. The van der Waals surface area contributed by atoms with Crippen molar-refractivity contribution >= 4 is 17.4 Å². The normalized spacial score (nSPS) is 13.9. The molecule has 0 unspecified atom stereocenters. The quantitative estimate of drug-likeness (QED) is 0.704. The van der Waals surface area contributed by atoms with Gasteiger partial charge in [0.15, 0.2) is 0 Å². The molecule has 122 valence electrons. The minimum absolute atomic E-state index is 0.250. The first-order chi connectivity index (χ1) is 11.7. The average molecular weight is 342 g/mol. The first-order valence-electron chi connectivity index (χ1n) is 8.10. The van der Waals surface area contributed by atoms with E-state index >= 15 is 0 Å². The zero-order valence-corrected chi connectivity index (χ0v) is 13.9. The predicted molar refractivity (Wildman–Crippen MR) is 95.4 cm³/mol. The van der Waals surface area contributed by atoms with E-state index in [1.807, 2.05) is 35.0 Å². The van der Waals surface area contributed by atoms with Gasteiger partial charge in [-0.25, -0.2) is 9.07 Å². The summed E-state index contributed by atoms with van der Waals surface area (Å²) in [6.07, 6.45) is 3.12. The highest BCUT2D eigenvalue weighted by molar-refractivity contribution is 6.30. The lowest BCUT2D eigenvalue weighted by Crippen LogP contribution is -2.07. The van der Waals surface area contributed by atoms with E-state index in [0.717, 1.165) is 54.1 Å². The number of hydrogen-bond acceptors (Lipinski definition) is 2. The number of nitrogens with zero attached hydrogens (tertiary/aromatic N) is 2. The van der Waals surface area contributed by atoms with Crippen molar-refractivity contribution in [2.45, 2.75) is 19.3 Å². The number of nitrogens with one attached hydrogen (secondary N) is 1. The fourth-order valence-corrected chi connectivity index (χ4v) is 3.35. The Balaban J connectivity index is 1.92. The summed E-state index contributed by atoms with van der Waals surface area (Å²) in [4.78, 5) is 0. The van der Waals surface area contributed by atoms with Crippen LogP contribution in [0.15, 0.2) is 48.5 Å². The summed E-state index contributed by atoms with van der Waals surface area (Å²) in [5.74, 6) is 0.731. The highest BCUT2D eigenvalue weighted by Gasteiger charge is 2.21. The topological polar surface area (TPSA) is 29.9 Å². The van der Waals surface area contributed by atoms with Crippen molar-refractivity contribution in [3.63, 3.8) is 0 Å². The SMILES string of the molecule is Fc1cccc(-c2nn(-c3cccc(Cl)c3)c3c2CCCCN3)c1. The molecule has 4 rings (SSSR count). The summed E-state index contributed by atoms with van der Waals surface area (Å²) >= 11 is 6.14. The first-order valence-corrected chi connectivity index (χ1v) is 8.48. The second kappa shape index (κ2) is 6.29. The van der Waals surface area contributed by atoms with Crippen molar-refractivity contribution in [3.05, 3.63) is 64.9 Å². The van der Waals surface area contributed by atoms with Gasteiger partial charge in [0, 0.05) is 22.7 Å². The van der Waals surface area contributed by atoms with Gasteiger partial charge in [0.25, 0.3) is 0 Å². The van der Waals surface area contributed by atoms with Gasteiger partial charge >= 0.3 is 0 Å². The molecule has 5 heteroatoms. The molecule has 3 aromatic rings. The molecule has 0 radical (unpaired) electrons. The van der Waals surface area contributed by atoms with Crippen LogP contribution in [0.3, 0.4) is 0 Å². The number of anilines is 1. The minimum Gasteiger partial charge on any atom is -0.370 e. The number of hydrogen-bond donors (Lipinski definition) is 1. The third-order valence-corrected chi connectivity index (χ3v) is 4.52. The highest BCUT2D eigenvalue weighted by atomic mass is 35.5. The van der Waals surface area contributed by atoms with Gasteiger partial charge in [0.1, 0.15) is 11.6 Å². The van der Waals surface area contributed by atoms with Crippen LogP contribution in [0.25, 0.3) is 16.9 Å².